The predicted octanol–water partition coefficient (Wildman–Crippen LogP) is 3.86. The lowest BCUT2D eigenvalue weighted by Crippen LogP contribution is -2.30. The molecule has 0 aliphatic heterocycles. The third kappa shape index (κ3) is 5.16. The molecular formula is C17H18ClF3N4O3. The number of nitrogens with zero attached hydrogens (tertiary/aromatic N) is 2. The molecule has 0 radical (unpaired) electrons. The summed E-state index contributed by atoms with van der Waals surface area (Å²) in [7, 11) is 1.23. The van der Waals surface area contributed by atoms with E-state index in [9.17, 15) is 22.8 Å². The standard InChI is InChI=1S/C17H18ClF3N4O3/c1-10-13(18)14(17(19,20)21)24-25(10)9-5-8-22-16(27)23-12-7-4-3-6-11(12)15(26)28-2/h3-4,6-7H,5,8-9H2,1-2H3,(H2,22,23,27). The van der Waals surface area contributed by atoms with Gasteiger partial charge in [-0.1, -0.05) is 23.7 Å². The van der Waals surface area contributed by atoms with Crippen LogP contribution in [0.5, 0.6) is 0 Å². The van der Waals surface area contributed by atoms with Crippen LogP contribution in [0.2, 0.25) is 5.02 Å². The number of para-hydroxylation sites is 1. The van der Waals surface area contributed by atoms with Gasteiger partial charge in [0.2, 0.25) is 0 Å². The lowest BCUT2D eigenvalue weighted by atomic mass is 10.2. The number of aromatic nitrogens is 2. The van der Waals surface area contributed by atoms with Gasteiger partial charge in [-0.15, -0.1) is 0 Å². The van der Waals surface area contributed by atoms with Crippen LogP contribution in [0.3, 0.4) is 0 Å². The van der Waals surface area contributed by atoms with Crippen LogP contribution in [-0.4, -0.2) is 35.4 Å². The third-order valence-corrected chi connectivity index (χ3v) is 4.27. The first-order valence-electron chi connectivity index (χ1n) is 8.17. The van der Waals surface area contributed by atoms with E-state index in [-0.39, 0.29) is 30.0 Å². The summed E-state index contributed by atoms with van der Waals surface area (Å²) in [6, 6.07) is 5.75. The third-order valence-electron chi connectivity index (χ3n) is 3.81. The molecule has 7 nitrogen and oxygen atoms in total. The van der Waals surface area contributed by atoms with Gasteiger partial charge in [-0.2, -0.15) is 18.3 Å². The molecule has 1 heterocycles. The van der Waals surface area contributed by atoms with Crippen LogP contribution in [0.25, 0.3) is 0 Å². The highest BCUT2D eigenvalue weighted by atomic mass is 35.5. The van der Waals surface area contributed by atoms with Crippen molar-refractivity contribution >= 4 is 29.3 Å². The first-order valence-corrected chi connectivity index (χ1v) is 8.55. The molecule has 11 heteroatoms. The molecule has 2 aromatic rings. The molecule has 0 aliphatic carbocycles. The molecule has 0 saturated carbocycles. The minimum atomic E-state index is -4.63. The molecule has 0 unspecified atom stereocenters. The van der Waals surface area contributed by atoms with Crippen LogP contribution < -0.4 is 10.6 Å². The van der Waals surface area contributed by atoms with Crippen LogP contribution in [0.4, 0.5) is 23.7 Å². The number of rotatable bonds is 6. The van der Waals surface area contributed by atoms with Crippen molar-refractivity contribution in [1.29, 1.82) is 0 Å². The van der Waals surface area contributed by atoms with E-state index in [1.54, 1.807) is 18.2 Å². The molecule has 0 bridgehead atoms. The molecule has 0 aliphatic rings. The number of anilines is 1. The lowest BCUT2D eigenvalue weighted by molar-refractivity contribution is -0.141. The summed E-state index contributed by atoms with van der Waals surface area (Å²) >= 11 is 5.68. The van der Waals surface area contributed by atoms with Crippen molar-refractivity contribution in [3.05, 3.63) is 46.2 Å². The summed E-state index contributed by atoms with van der Waals surface area (Å²) in [6.45, 7) is 1.75. The van der Waals surface area contributed by atoms with Crippen LogP contribution in [0.1, 0.15) is 28.2 Å². The minimum absolute atomic E-state index is 0.140. The molecule has 2 rings (SSSR count). The minimum Gasteiger partial charge on any atom is -0.465 e. The van der Waals surface area contributed by atoms with E-state index >= 15 is 0 Å². The Labute approximate surface area is 163 Å². The molecule has 2 amide bonds. The second-order valence-electron chi connectivity index (χ2n) is 5.74. The maximum atomic E-state index is 12.8. The van der Waals surface area contributed by atoms with Gasteiger partial charge in [0.1, 0.15) is 0 Å². The number of nitrogens with one attached hydrogen (secondary N) is 2. The Morgan fingerprint density at radius 2 is 1.96 bits per heavy atom. The number of alkyl halides is 3. The lowest BCUT2D eigenvalue weighted by Gasteiger charge is -2.11. The monoisotopic (exact) mass is 418 g/mol. The first-order chi connectivity index (χ1) is 13.1. The van der Waals surface area contributed by atoms with Crippen LogP contribution in [-0.2, 0) is 17.5 Å². The van der Waals surface area contributed by atoms with Crippen molar-refractivity contribution < 1.29 is 27.5 Å². The number of carbonyl (C=O) groups is 2. The van der Waals surface area contributed by atoms with Gasteiger partial charge >= 0.3 is 18.2 Å². The Kier molecular flexibility index (Phi) is 6.90. The highest BCUT2D eigenvalue weighted by Crippen LogP contribution is 2.35. The average Bonchev–Trinajstić information content (AvgIpc) is 2.93. The number of carbonyl (C=O) groups excluding carboxylic acids is 2. The summed E-state index contributed by atoms with van der Waals surface area (Å²) < 4.78 is 44.2. The first kappa shape index (κ1) is 21.5. The molecule has 0 fully saturated rings. The Hall–Kier alpha value is -2.75. The van der Waals surface area contributed by atoms with Gasteiger partial charge in [-0.25, -0.2) is 9.59 Å². The van der Waals surface area contributed by atoms with Crippen molar-refractivity contribution in [3.8, 4) is 0 Å². The van der Waals surface area contributed by atoms with E-state index < -0.39 is 28.9 Å². The van der Waals surface area contributed by atoms with Crippen LogP contribution in [0, 0.1) is 6.92 Å². The van der Waals surface area contributed by atoms with Gasteiger partial charge in [0.25, 0.3) is 0 Å². The van der Waals surface area contributed by atoms with E-state index in [1.807, 2.05) is 0 Å². The number of urea groups is 1. The van der Waals surface area contributed by atoms with Crippen molar-refractivity contribution in [1.82, 2.24) is 15.1 Å². The van der Waals surface area contributed by atoms with Crippen molar-refractivity contribution in [2.24, 2.45) is 0 Å². The second kappa shape index (κ2) is 8.96. The van der Waals surface area contributed by atoms with Crippen LogP contribution >= 0.6 is 11.6 Å². The molecular weight excluding hydrogens is 401 g/mol. The number of hydrogen-bond donors (Lipinski definition) is 2. The SMILES string of the molecule is COC(=O)c1ccccc1NC(=O)NCCCn1nc(C(F)(F)F)c(Cl)c1C. The molecule has 1 aromatic heterocycles. The second-order valence-corrected chi connectivity index (χ2v) is 6.12. The number of halogens is 4. The Balaban J connectivity index is 1.88. The Morgan fingerprint density at radius 3 is 2.57 bits per heavy atom. The van der Waals surface area contributed by atoms with Gasteiger partial charge in [-0.05, 0) is 25.5 Å². The molecule has 152 valence electrons. The fraction of sp³-hybridized carbons (Fsp3) is 0.353. The van der Waals surface area contributed by atoms with E-state index in [1.165, 1.54) is 20.1 Å². The van der Waals surface area contributed by atoms with E-state index in [2.05, 4.69) is 20.5 Å². The number of amides is 2. The number of methoxy groups -OCH3 is 1. The van der Waals surface area contributed by atoms with Gasteiger partial charge in [-0.3, -0.25) is 4.68 Å². The topological polar surface area (TPSA) is 85.2 Å². The molecule has 0 spiro atoms. The van der Waals surface area contributed by atoms with Crippen molar-refractivity contribution in [2.45, 2.75) is 26.1 Å². The quantitative estimate of drug-likeness (QED) is 0.551. The van der Waals surface area contributed by atoms with Crippen molar-refractivity contribution in [2.75, 3.05) is 19.0 Å². The van der Waals surface area contributed by atoms with E-state index in [0.29, 0.717) is 6.42 Å². The van der Waals surface area contributed by atoms with Gasteiger partial charge in [0.05, 0.1) is 29.1 Å². The summed E-state index contributed by atoms with van der Waals surface area (Å²) in [6.07, 6.45) is -4.31. The summed E-state index contributed by atoms with van der Waals surface area (Å²) in [4.78, 5) is 23.6. The van der Waals surface area contributed by atoms with Gasteiger partial charge in [0.15, 0.2) is 5.69 Å². The van der Waals surface area contributed by atoms with E-state index in [4.69, 9.17) is 11.6 Å². The normalized spacial score (nSPS) is 11.2. The van der Waals surface area contributed by atoms with E-state index in [0.717, 1.165) is 4.68 Å². The highest BCUT2D eigenvalue weighted by molar-refractivity contribution is 6.31. The summed E-state index contributed by atoms with van der Waals surface area (Å²) in [5.41, 5.74) is -0.458. The number of esters is 1. The maximum absolute atomic E-state index is 12.8. The summed E-state index contributed by atoms with van der Waals surface area (Å²) in [5, 5.41) is 8.14. The number of aryl methyl sites for hydroxylation is 1. The fourth-order valence-electron chi connectivity index (χ4n) is 2.40. The predicted molar refractivity (Wildman–Crippen MR) is 96.4 cm³/mol. The molecule has 1 aromatic carbocycles. The average molecular weight is 419 g/mol. The zero-order valence-corrected chi connectivity index (χ0v) is 15.8. The van der Waals surface area contributed by atoms with Crippen molar-refractivity contribution in [3.63, 3.8) is 0 Å². The number of hydrogen-bond acceptors (Lipinski definition) is 4. The largest absolute Gasteiger partial charge is 0.465 e. The highest BCUT2D eigenvalue weighted by Gasteiger charge is 2.38. The fourth-order valence-corrected chi connectivity index (χ4v) is 2.64. The molecule has 28 heavy (non-hydrogen) atoms. The zero-order chi connectivity index (χ0) is 20.9. The number of ether oxygens (including phenoxy) is 1. The number of benzene rings is 1. The van der Waals surface area contributed by atoms with Gasteiger partial charge < -0.3 is 15.4 Å². The van der Waals surface area contributed by atoms with Crippen LogP contribution in [0.15, 0.2) is 24.3 Å². The Morgan fingerprint density at radius 1 is 1.29 bits per heavy atom. The van der Waals surface area contributed by atoms with Gasteiger partial charge in [0, 0.05) is 13.1 Å². The zero-order valence-electron chi connectivity index (χ0n) is 15.1. The summed E-state index contributed by atoms with van der Waals surface area (Å²) in [5.74, 6) is -0.595. The molecule has 2 N–H and O–H groups in total. The Bertz CT molecular complexity index is 868. The maximum Gasteiger partial charge on any atom is 0.436 e. The smallest absolute Gasteiger partial charge is 0.436 e. The molecule has 0 saturated heterocycles. The molecule has 0 atom stereocenters.